The summed E-state index contributed by atoms with van der Waals surface area (Å²) in [4.78, 5) is 0.274. The molecule has 0 aromatic heterocycles. The predicted octanol–water partition coefficient (Wildman–Crippen LogP) is 1.93. The Labute approximate surface area is 77.6 Å². The van der Waals surface area contributed by atoms with Crippen molar-refractivity contribution < 1.29 is 13.5 Å². The van der Waals surface area contributed by atoms with Crippen molar-refractivity contribution in [2.75, 3.05) is 7.11 Å². The minimum absolute atomic E-state index is 0.274. The van der Waals surface area contributed by atoms with Crippen LogP contribution in [0, 0.1) is 0 Å². The third-order valence-electron chi connectivity index (χ3n) is 1.32. The molecule has 1 aromatic carbocycles. The van der Waals surface area contributed by atoms with E-state index >= 15 is 0 Å². The smallest absolute Gasteiger partial charge is 0.186 e. The summed E-state index contributed by atoms with van der Waals surface area (Å²) in [6, 6.07) is 4.42. The van der Waals surface area contributed by atoms with Gasteiger partial charge in [0.25, 0.3) is 0 Å². The molecule has 1 unspecified atom stereocenters. The van der Waals surface area contributed by atoms with E-state index in [0.29, 0.717) is 10.8 Å². The van der Waals surface area contributed by atoms with Gasteiger partial charge in [-0.2, -0.15) is 0 Å². The number of rotatable bonds is 2. The van der Waals surface area contributed by atoms with Gasteiger partial charge in [-0.1, -0.05) is 11.6 Å². The van der Waals surface area contributed by atoms with E-state index in [1.807, 2.05) is 0 Å². The molecule has 0 heterocycles. The van der Waals surface area contributed by atoms with E-state index < -0.39 is 11.1 Å². The van der Waals surface area contributed by atoms with Gasteiger partial charge in [-0.25, -0.2) is 4.21 Å². The lowest BCUT2D eigenvalue weighted by Crippen LogP contribution is -1.90. The molecule has 1 atom stereocenters. The van der Waals surface area contributed by atoms with Crippen LogP contribution in [0.3, 0.4) is 0 Å². The van der Waals surface area contributed by atoms with Crippen LogP contribution < -0.4 is 4.74 Å². The number of hydrogen-bond acceptors (Lipinski definition) is 2. The number of methoxy groups -OCH3 is 1. The van der Waals surface area contributed by atoms with Crippen molar-refractivity contribution in [3.8, 4) is 5.75 Å². The molecule has 0 aliphatic rings. The zero-order valence-corrected chi connectivity index (χ0v) is 7.85. The van der Waals surface area contributed by atoms with Gasteiger partial charge in [-0.05, 0) is 12.1 Å². The van der Waals surface area contributed by atoms with Crippen molar-refractivity contribution in [3.05, 3.63) is 23.2 Å². The van der Waals surface area contributed by atoms with Crippen LogP contribution in [0.2, 0.25) is 5.02 Å². The van der Waals surface area contributed by atoms with Gasteiger partial charge < -0.3 is 9.29 Å². The van der Waals surface area contributed by atoms with Gasteiger partial charge in [0.1, 0.15) is 5.75 Å². The Kier molecular flexibility index (Phi) is 3.08. The highest BCUT2D eigenvalue weighted by atomic mass is 35.5. The minimum Gasteiger partial charge on any atom is -0.495 e. The SMILES string of the molecule is COc1cc(S(=O)O)ccc1Cl. The first-order chi connectivity index (χ1) is 5.65. The number of hydrogen-bond donors (Lipinski definition) is 1. The van der Waals surface area contributed by atoms with E-state index in [0.717, 1.165) is 0 Å². The molecule has 0 saturated carbocycles. The van der Waals surface area contributed by atoms with E-state index in [1.165, 1.54) is 25.3 Å². The van der Waals surface area contributed by atoms with Crippen LogP contribution in [0.5, 0.6) is 5.75 Å². The minimum atomic E-state index is -1.99. The molecule has 3 nitrogen and oxygen atoms in total. The molecule has 0 bridgehead atoms. The van der Waals surface area contributed by atoms with Crippen molar-refractivity contribution in [1.82, 2.24) is 0 Å². The first-order valence-corrected chi connectivity index (χ1v) is 4.58. The van der Waals surface area contributed by atoms with Gasteiger partial charge in [0, 0.05) is 6.07 Å². The standard InChI is InChI=1S/C7H7ClO3S/c1-11-7-4-5(12(9)10)2-3-6(7)8/h2-4H,1H3,(H,9,10). The highest BCUT2D eigenvalue weighted by molar-refractivity contribution is 7.79. The Hall–Kier alpha value is -0.580. The second kappa shape index (κ2) is 3.89. The molecule has 1 N–H and O–H groups in total. The molecule has 0 aliphatic heterocycles. The number of ether oxygens (including phenoxy) is 1. The Morgan fingerprint density at radius 2 is 2.25 bits per heavy atom. The zero-order valence-electron chi connectivity index (χ0n) is 6.28. The summed E-state index contributed by atoms with van der Waals surface area (Å²) < 4.78 is 24.2. The van der Waals surface area contributed by atoms with E-state index in [2.05, 4.69) is 0 Å². The largest absolute Gasteiger partial charge is 0.495 e. The molecular formula is C7H7ClO3S. The fourth-order valence-corrected chi connectivity index (χ4v) is 1.34. The second-order valence-corrected chi connectivity index (χ2v) is 3.42. The normalized spacial score (nSPS) is 12.6. The Morgan fingerprint density at radius 3 is 2.75 bits per heavy atom. The van der Waals surface area contributed by atoms with E-state index in [4.69, 9.17) is 20.9 Å². The number of benzene rings is 1. The van der Waals surface area contributed by atoms with Crippen molar-refractivity contribution in [3.63, 3.8) is 0 Å². The van der Waals surface area contributed by atoms with Gasteiger partial charge in [0.15, 0.2) is 11.1 Å². The van der Waals surface area contributed by atoms with Crippen LogP contribution in [0.15, 0.2) is 23.1 Å². The quantitative estimate of drug-likeness (QED) is 0.753. The van der Waals surface area contributed by atoms with Crippen LogP contribution >= 0.6 is 11.6 Å². The van der Waals surface area contributed by atoms with E-state index in [1.54, 1.807) is 0 Å². The monoisotopic (exact) mass is 206 g/mol. The molecule has 0 aliphatic carbocycles. The Morgan fingerprint density at radius 1 is 1.58 bits per heavy atom. The lowest BCUT2D eigenvalue weighted by molar-refractivity contribution is 0.413. The fourth-order valence-electron chi connectivity index (χ4n) is 0.749. The van der Waals surface area contributed by atoms with Crippen LogP contribution in [-0.4, -0.2) is 15.9 Å². The van der Waals surface area contributed by atoms with Crippen LogP contribution in [-0.2, 0) is 11.1 Å². The predicted molar refractivity (Wildman–Crippen MR) is 47.0 cm³/mol. The molecule has 5 heteroatoms. The Bertz CT molecular complexity index is 314. The van der Waals surface area contributed by atoms with E-state index in [-0.39, 0.29) is 4.90 Å². The van der Waals surface area contributed by atoms with E-state index in [9.17, 15) is 4.21 Å². The van der Waals surface area contributed by atoms with Gasteiger partial charge in [-0.15, -0.1) is 0 Å². The lowest BCUT2D eigenvalue weighted by atomic mass is 10.3. The third kappa shape index (κ3) is 1.97. The molecule has 1 rings (SSSR count). The van der Waals surface area contributed by atoms with Gasteiger partial charge >= 0.3 is 0 Å². The van der Waals surface area contributed by atoms with Crippen molar-refractivity contribution in [2.45, 2.75) is 4.90 Å². The molecule has 0 fully saturated rings. The number of halogens is 1. The lowest BCUT2D eigenvalue weighted by Gasteiger charge is -2.02. The maximum atomic E-state index is 10.6. The summed E-state index contributed by atoms with van der Waals surface area (Å²) in [5.41, 5.74) is 0. The topological polar surface area (TPSA) is 46.5 Å². The summed E-state index contributed by atoms with van der Waals surface area (Å²) in [6.07, 6.45) is 0. The van der Waals surface area contributed by atoms with Crippen LogP contribution in [0.4, 0.5) is 0 Å². The molecule has 1 aromatic rings. The highest BCUT2D eigenvalue weighted by Gasteiger charge is 2.04. The van der Waals surface area contributed by atoms with Gasteiger partial charge in [-0.3, -0.25) is 0 Å². The first kappa shape index (κ1) is 9.51. The molecule has 0 saturated heterocycles. The second-order valence-electron chi connectivity index (χ2n) is 2.05. The molecular weight excluding hydrogens is 200 g/mol. The van der Waals surface area contributed by atoms with Crippen LogP contribution in [0.25, 0.3) is 0 Å². The maximum Gasteiger partial charge on any atom is 0.186 e. The van der Waals surface area contributed by atoms with Crippen molar-refractivity contribution >= 4 is 22.7 Å². The average Bonchev–Trinajstić information content (AvgIpc) is 2.05. The maximum absolute atomic E-state index is 10.6. The molecule has 0 spiro atoms. The average molecular weight is 207 g/mol. The fraction of sp³-hybridized carbons (Fsp3) is 0.143. The molecule has 0 amide bonds. The molecule has 0 radical (unpaired) electrons. The van der Waals surface area contributed by atoms with Gasteiger partial charge in [0.05, 0.1) is 17.0 Å². The zero-order chi connectivity index (χ0) is 9.14. The summed E-state index contributed by atoms with van der Waals surface area (Å²) in [7, 11) is 1.45. The van der Waals surface area contributed by atoms with Gasteiger partial charge in [0.2, 0.25) is 0 Å². The summed E-state index contributed by atoms with van der Waals surface area (Å²) in [5.74, 6) is 0.400. The third-order valence-corrected chi connectivity index (χ3v) is 2.29. The summed E-state index contributed by atoms with van der Waals surface area (Å²) >= 11 is 3.71. The Balaban J connectivity index is 3.13. The molecule has 66 valence electrons. The summed E-state index contributed by atoms with van der Waals surface area (Å²) in [6.45, 7) is 0. The van der Waals surface area contributed by atoms with Crippen LogP contribution in [0.1, 0.15) is 0 Å². The van der Waals surface area contributed by atoms with Crippen molar-refractivity contribution in [1.29, 1.82) is 0 Å². The molecule has 12 heavy (non-hydrogen) atoms. The summed E-state index contributed by atoms with van der Waals surface area (Å²) in [5, 5.41) is 0.423. The van der Waals surface area contributed by atoms with Crippen molar-refractivity contribution in [2.24, 2.45) is 0 Å². The first-order valence-electron chi connectivity index (χ1n) is 3.09. The highest BCUT2D eigenvalue weighted by Crippen LogP contribution is 2.25.